The first-order valence-electron chi connectivity index (χ1n) is 14.6. The van der Waals surface area contributed by atoms with Crippen molar-refractivity contribution >= 4 is 11.8 Å². The van der Waals surface area contributed by atoms with E-state index < -0.39 is 11.5 Å². The Labute approximate surface area is 220 Å². The number of aliphatic hydroxyl groups excluding tert-OH is 1. The molecule has 4 aliphatic carbocycles. The molecule has 0 aromatic carbocycles. The smallest absolute Gasteiger partial charge is 0.302 e. The largest absolute Gasteiger partial charge is 0.462 e. The third-order valence-electron chi connectivity index (χ3n) is 12.4. The zero-order valence-electron chi connectivity index (χ0n) is 24.4. The molecule has 4 fully saturated rings. The predicted molar refractivity (Wildman–Crippen MR) is 144 cm³/mol. The fourth-order valence-corrected chi connectivity index (χ4v) is 10.5. The van der Waals surface area contributed by atoms with Crippen molar-refractivity contribution in [2.45, 2.75) is 126 Å². The van der Waals surface area contributed by atoms with Gasteiger partial charge in [-0.15, -0.1) is 0 Å². The average Bonchev–Trinajstić information content (AvgIpc) is 3.12. The summed E-state index contributed by atoms with van der Waals surface area (Å²) in [7, 11) is 0. The Morgan fingerprint density at radius 1 is 1.06 bits per heavy atom. The van der Waals surface area contributed by atoms with Gasteiger partial charge in [0, 0.05) is 24.7 Å². The molecule has 0 saturated heterocycles. The second-order valence-electron chi connectivity index (χ2n) is 14.8. The van der Waals surface area contributed by atoms with E-state index in [2.05, 4.69) is 61.5 Å². The molecule has 2 unspecified atom stereocenters. The van der Waals surface area contributed by atoms with Crippen LogP contribution in [0.1, 0.15) is 114 Å². The number of rotatable bonds is 5. The van der Waals surface area contributed by atoms with E-state index in [0.717, 1.165) is 25.7 Å². The molecule has 0 heterocycles. The molecule has 4 saturated carbocycles. The zero-order valence-corrected chi connectivity index (χ0v) is 24.4. The van der Waals surface area contributed by atoms with Crippen molar-refractivity contribution in [1.82, 2.24) is 0 Å². The normalized spacial score (nSPS) is 46.2. The number of ether oxygens (including phenoxy) is 1. The Morgan fingerprint density at radius 2 is 1.69 bits per heavy atom. The van der Waals surface area contributed by atoms with Gasteiger partial charge in [-0.3, -0.25) is 9.59 Å². The van der Waals surface area contributed by atoms with E-state index in [0.29, 0.717) is 30.1 Å². The van der Waals surface area contributed by atoms with Crippen molar-refractivity contribution in [3.63, 3.8) is 0 Å². The van der Waals surface area contributed by atoms with Gasteiger partial charge in [0.05, 0.1) is 0 Å². The Balaban J connectivity index is 1.73. The molecule has 4 aliphatic rings. The molecular weight excluding hydrogens is 448 g/mol. The van der Waals surface area contributed by atoms with Gasteiger partial charge in [0.2, 0.25) is 0 Å². The molecule has 0 radical (unpaired) electrons. The van der Waals surface area contributed by atoms with Gasteiger partial charge >= 0.3 is 5.97 Å². The minimum absolute atomic E-state index is 0.00324. The predicted octanol–water partition coefficient (Wildman–Crippen LogP) is 7.14. The number of hydrogen-bond donors (Lipinski definition) is 1. The number of carbonyl (C=O) groups is 2. The van der Waals surface area contributed by atoms with Crippen molar-refractivity contribution < 1.29 is 19.4 Å². The van der Waals surface area contributed by atoms with Crippen molar-refractivity contribution in [1.29, 1.82) is 0 Å². The minimum atomic E-state index is -0.881. The lowest BCUT2D eigenvalue weighted by Crippen LogP contribution is -2.67. The Kier molecular flexibility index (Phi) is 7.15. The van der Waals surface area contributed by atoms with E-state index in [9.17, 15) is 14.7 Å². The number of allylic oxidation sites excluding steroid dienone is 2. The highest BCUT2D eigenvalue weighted by molar-refractivity contribution is 5.85. The number of hydrogen-bond acceptors (Lipinski definition) is 4. The number of fused-ring (bicyclic) bond motifs is 5. The van der Waals surface area contributed by atoms with Gasteiger partial charge in [-0.05, 0) is 98.7 Å². The van der Waals surface area contributed by atoms with Crippen molar-refractivity contribution in [2.75, 3.05) is 0 Å². The third kappa shape index (κ3) is 4.03. The summed E-state index contributed by atoms with van der Waals surface area (Å²) in [6.45, 7) is 19.8. The monoisotopic (exact) mass is 500 g/mol. The first-order valence-corrected chi connectivity index (χ1v) is 14.6. The van der Waals surface area contributed by atoms with Crippen LogP contribution in [0.3, 0.4) is 0 Å². The van der Waals surface area contributed by atoms with Gasteiger partial charge in [-0.25, -0.2) is 0 Å². The van der Waals surface area contributed by atoms with E-state index in [1.165, 1.54) is 24.8 Å². The molecule has 4 nitrogen and oxygen atoms in total. The van der Waals surface area contributed by atoms with Crippen LogP contribution in [0.15, 0.2) is 11.6 Å². The number of Topliss-reactive ketones (excluding diaryl/α,β-unsaturated/α-hetero) is 1. The van der Waals surface area contributed by atoms with Gasteiger partial charge in [-0.1, -0.05) is 53.2 Å². The fraction of sp³-hybridized carbons (Fsp3) is 0.875. The molecule has 0 aromatic rings. The first kappa shape index (κ1) is 27.9. The molecule has 0 aliphatic heterocycles. The van der Waals surface area contributed by atoms with Crippen LogP contribution in [0.25, 0.3) is 0 Å². The molecule has 0 spiro atoms. The number of carbonyl (C=O) groups excluding carboxylic acids is 2. The van der Waals surface area contributed by atoms with Crippen LogP contribution >= 0.6 is 0 Å². The summed E-state index contributed by atoms with van der Waals surface area (Å²) >= 11 is 0. The summed E-state index contributed by atoms with van der Waals surface area (Å²) in [6, 6.07) is 0. The highest BCUT2D eigenvalue weighted by Gasteiger charge is 2.71. The van der Waals surface area contributed by atoms with Crippen LogP contribution in [0.5, 0.6) is 0 Å². The topological polar surface area (TPSA) is 63.6 Å². The summed E-state index contributed by atoms with van der Waals surface area (Å²) in [6.07, 6.45) is 9.50. The zero-order chi connectivity index (χ0) is 26.8. The molecule has 0 amide bonds. The third-order valence-corrected chi connectivity index (χ3v) is 12.4. The lowest BCUT2D eigenvalue weighted by Gasteiger charge is -2.70. The number of ketones is 1. The average molecular weight is 501 g/mol. The summed E-state index contributed by atoms with van der Waals surface area (Å²) in [5, 5.41) is 10.9. The highest BCUT2D eigenvalue weighted by Crippen LogP contribution is 2.75. The highest BCUT2D eigenvalue weighted by atomic mass is 16.5. The van der Waals surface area contributed by atoms with Crippen molar-refractivity contribution in [3.05, 3.63) is 11.6 Å². The molecule has 1 N–H and O–H groups in total. The van der Waals surface area contributed by atoms with Crippen LogP contribution in [-0.4, -0.2) is 29.1 Å². The second kappa shape index (κ2) is 9.24. The molecule has 36 heavy (non-hydrogen) atoms. The maximum Gasteiger partial charge on any atom is 0.302 e. The van der Waals surface area contributed by atoms with Crippen molar-refractivity contribution in [2.24, 2.45) is 51.2 Å². The first-order chi connectivity index (χ1) is 16.6. The lowest BCUT2D eigenvalue weighted by atomic mass is 9.35. The van der Waals surface area contributed by atoms with Gasteiger partial charge in [-0.2, -0.15) is 0 Å². The molecule has 10 atom stereocenters. The maximum atomic E-state index is 13.2. The molecule has 204 valence electrons. The number of esters is 1. The van der Waals surface area contributed by atoms with Crippen LogP contribution in [-0.2, 0) is 14.3 Å². The molecule has 0 aromatic heterocycles. The summed E-state index contributed by atoms with van der Waals surface area (Å²) in [4.78, 5) is 25.6. The van der Waals surface area contributed by atoms with Gasteiger partial charge in [0.15, 0.2) is 5.78 Å². The van der Waals surface area contributed by atoms with Gasteiger partial charge < -0.3 is 9.84 Å². The molecule has 4 rings (SSSR count). The van der Waals surface area contributed by atoms with E-state index >= 15 is 0 Å². The van der Waals surface area contributed by atoms with Crippen molar-refractivity contribution in [3.8, 4) is 0 Å². The minimum Gasteiger partial charge on any atom is -0.462 e. The van der Waals surface area contributed by atoms with E-state index in [4.69, 9.17) is 4.74 Å². The van der Waals surface area contributed by atoms with Crippen LogP contribution in [0, 0.1) is 51.2 Å². The fourth-order valence-electron chi connectivity index (χ4n) is 10.5. The summed E-state index contributed by atoms with van der Waals surface area (Å²) in [5.41, 5.74) is 0.920. The summed E-state index contributed by atoms with van der Waals surface area (Å²) < 4.78 is 6.23. The molecule has 0 bridgehead atoms. The Hall–Kier alpha value is -1.16. The molecular formula is C32H52O4. The Morgan fingerprint density at radius 3 is 2.31 bits per heavy atom. The lowest BCUT2D eigenvalue weighted by molar-refractivity contribution is -0.242. The quantitative estimate of drug-likeness (QED) is 0.322. The SMILES string of the molecule is CC(=O)O[C@@H]1C[C@@H]2[C@@]3(C)CC(=O)C(O)C(C)(C)C3CC[C@@]2(C)[C@@]2(C)CC[C@H]([C@H](C)CCC=C(C)C)[C@H]12. The van der Waals surface area contributed by atoms with Crippen LogP contribution < -0.4 is 0 Å². The standard InChI is InChI=1S/C32H52O4/c1-19(2)11-10-12-20(3)22-13-15-32(9)27(22)24(36-21(4)33)17-26-30(7)18-23(34)28(35)29(5,6)25(30)14-16-31(26,32)8/h11,20,22,24-28,35H,10,12-18H2,1-9H3/t20-,22-,24-,25?,26-,27-,28?,30+,31-,32+/m1/s1. The van der Waals surface area contributed by atoms with Crippen LogP contribution in [0.4, 0.5) is 0 Å². The van der Waals surface area contributed by atoms with E-state index in [-0.39, 0.29) is 40.0 Å². The number of aliphatic hydroxyl groups is 1. The maximum absolute atomic E-state index is 13.2. The van der Waals surface area contributed by atoms with Gasteiger partial charge in [0.25, 0.3) is 0 Å². The van der Waals surface area contributed by atoms with E-state index in [1.807, 2.05) is 0 Å². The Bertz CT molecular complexity index is 915. The van der Waals surface area contributed by atoms with E-state index in [1.54, 1.807) is 6.92 Å². The van der Waals surface area contributed by atoms with Gasteiger partial charge in [0.1, 0.15) is 12.2 Å². The summed E-state index contributed by atoms with van der Waals surface area (Å²) in [5.74, 6) is 1.90. The second-order valence-corrected chi connectivity index (χ2v) is 14.8. The molecule has 4 heteroatoms. The van der Waals surface area contributed by atoms with Crippen LogP contribution in [0.2, 0.25) is 0 Å².